The van der Waals surface area contributed by atoms with Crippen LogP contribution < -0.4 is 4.74 Å². The van der Waals surface area contributed by atoms with Gasteiger partial charge < -0.3 is 9.30 Å². The molecule has 4 heteroatoms. The Bertz CT molecular complexity index is 861. The van der Waals surface area contributed by atoms with E-state index in [4.69, 9.17) is 9.72 Å². The number of likely N-dealkylation sites (tertiary alicyclic amines) is 1. The molecule has 0 aliphatic carbocycles. The third-order valence-corrected chi connectivity index (χ3v) is 5.40. The molecule has 0 unspecified atom stereocenters. The molecule has 0 N–H and O–H groups in total. The highest BCUT2D eigenvalue weighted by Gasteiger charge is 2.15. The molecule has 0 radical (unpaired) electrons. The number of ether oxygens (including phenoxy) is 1. The van der Waals surface area contributed by atoms with Gasteiger partial charge in [0.05, 0.1) is 24.1 Å². The molecule has 0 atom stereocenters. The molecule has 4 nitrogen and oxygen atoms in total. The highest BCUT2D eigenvalue weighted by Crippen LogP contribution is 2.20. The highest BCUT2D eigenvalue weighted by atomic mass is 16.5. The number of hydrogen-bond acceptors (Lipinski definition) is 3. The molecule has 1 aromatic heterocycles. The van der Waals surface area contributed by atoms with Gasteiger partial charge in [-0.2, -0.15) is 0 Å². The average molecular weight is 364 g/mol. The third-order valence-electron chi connectivity index (χ3n) is 5.40. The van der Waals surface area contributed by atoms with Crippen LogP contribution in [0.15, 0.2) is 48.5 Å². The van der Waals surface area contributed by atoms with Crippen LogP contribution in [-0.2, 0) is 13.1 Å². The highest BCUT2D eigenvalue weighted by molar-refractivity contribution is 5.75. The maximum Gasteiger partial charge on any atom is 0.124 e. The van der Waals surface area contributed by atoms with Gasteiger partial charge in [0.1, 0.15) is 18.2 Å². The standard InChI is InChI=1S/C23H29N3O/c1-19-10-12-20(13-11-19)27-17-16-26-22-9-5-4-8-21(22)24-23(26)18-25-14-6-2-3-7-15-25/h4-5,8-13H,2-3,6-7,14-18H2,1H3. The van der Waals surface area contributed by atoms with E-state index in [0.29, 0.717) is 6.61 Å². The van der Waals surface area contributed by atoms with Gasteiger partial charge in [0.15, 0.2) is 0 Å². The molecule has 0 spiro atoms. The van der Waals surface area contributed by atoms with Crippen molar-refractivity contribution in [1.29, 1.82) is 0 Å². The van der Waals surface area contributed by atoms with Crippen molar-refractivity contribution in [3.05, 3.63) is 59.9 Å². The zero-order valence-corrected chi connectivity index (χ0v) is 16.2. The minimum absolute atomic E-state index is 0.649. The van der Waals surface area contributed by atoms with Crippen molar-refractivity contribution < 1.29 is 4.74 Å². The molecule has 27 heavy (non-hydrogen) atoms. The first kappa shape index (κ1) is 18.1. The minimum atomic E-state index is 0.649. The summed E-state index contributed by atoms with van der Waals surface area (Å²) < 4.78 is 8.33. The smallest absolute Gasteiger partial charge is 0.124 e. The SMILES string of the molecule is Cc1ccc(OCCn2c(CN3CCCCCC3)nc3ccccc32)cc1. The summed E-state index contributed by atoms with van der Waals surface area (Å²) >= 11 is 0. The molecule has 4 rings (SSSR count). The number of aryl methyl sites for hydroxylation is 1. The number of rotatable bonds is 6. The van der Waals surface area contributed by atoms with Crippen molar-refractivity contribution in [2.75, 3.05) is 19.7 Å². The lowest BCUT2D eigenvalue weighted by Crippen LogP contribution is -2.26. The lowest BCUT2D eigenvalue weighted by atomic mass is 10.2. The van der Waals surface area contributed by atoms with Crippen LogP contribution in [0.5, 0.6) is 5.75 Å². The Kier molecular flexibility index (Phi) is 5.73. The van der Waals surface area contributed by atoms with Crippen LogP contribution in [0.4, 0.5) is 0 Å². The summed E-state index contributed by atoms with van der Waals surface area (Å²) in [5, 5.41) is 0. The molecule has 2 heterocycles. The van der Waals surface area contributed by atoms with Gasteiger partial charge in [0, 0.05) is 0 Å². The Morgan fingerprint density at radius 2 is 1.67 bits per heavy atom. The predicted molar refractivity (Wildman–Crippen MR) is 110 cm³/mol. The van der Waals surface area contributed by atoms with Crippen molar-refractivity contribution in [2.45, 2.75) is 45.7 Å². The van der Waals surface area contributed by atoms with E-state index in [1.165, 1.54) is 49.9 Å². The Labute approximate surface area is 161 Å². The largest absolute Gasteiger partial charge is 0.492 e. The van der Waals surface area contributed by atoms with Crippen LogP contribution >= 0.6 is 0 Å². The molecule has 2 aromatic carbocycles. The van der Waals surface area contributed by atoms with E-state index >= 15 is 0 Å². The van der Waals surface area contributed by atoms with Gasteiger partial charge in [-0.15, -0.1) is 0 Å². The Balaban J connectivity index is 1.49. The minimum Gasteiger partial charge on any atom is -0.492 e. The summed E-state index contributed by atoms with van der Waals surface area (Å²) in [6.07, 6.45) is 5.32. The molecule has 0 saturated carbocycles. The molecule has 1 aliphatic heterocycles. The van der Waals surface area contributed by atoms with Gasteiger partial charge in [-0.25, -0.2) is 4.98 Å². The topological polar surface area (TPSA) is 30.3 Å². The van der Waals surface area contributed by atoms with Gasteiger partial charge in [-0.3, -0.25) is 4.90 Å². The maximum absolute atomic E-state index is 5.99. The lowest BCUT2D eigenvalue weighted by molar-refractivity contribution is 0.258. The van der Waals surface area contributed by atoms with Crippen molar-refractivity contribution in [2.24, 2.45) is 0 Å². The van der Waals surface area contributed by atoms with Gasteiger partial charge in [-0.05, 0) is 57.1 Å². The van der Waals surface area contributed by atoms with E-state index in [2.05, 4.69) is 52.8 Å². The van der Waals surface area contributed by atoms with Crippen LogP contribution in [-0.4, -0.2) is 34.1 Å². The van der Waals surface area contributed by atoms with Crippen LogP contribution in [0.2, 0.25) is 0 Å². The van der Waals surface area contributed by atoms with Crippen LogP contribution in [0, 0.1) is 6.92 Å². The van der Waals surface area contributed by atoms with Crippen molar-refractivity contribution in [1.82, 2.24) is 14.5 Å². The molecular formula is C23H29N3O. The van der Waals surface area contributed by atoms with E-state index in [0.717, 1.165) is 30.2 Å². The van der Waals surface area contributed by atoms with Gasteiger partial charge in [0.25, 0.3) is 0 Å². The molecular weight excluding hydrogens is 334 g/mol. The fourth-order valence-corrected chi connectivity index (χ4v) is 3.88. The van der Waals surface area contributed by atoms with E-state index in [-0.39, 0.29) is 0 Å². The number of fused-ring (bicyclic) bond motifs is 1. The zero-order valence-electron chi connectivity index (χ0n) is 16.2. The molecule has 142 valence electrons. The number of benzene rings is 2. The van der Waals surface area contributed by atoms with E-state index in [1.807, 2.05) is 12.1 Å². The number of nitrogens with zero attached hydrogens (tertiary/aromatic N) is 3. The molecule has 0 bridgehead atoms. The second kappa shape index (κ2) is 8.57. The van der Waals surface area contributed by atoms with Crippen molar-refractivity contribution in [3.8, 4) is 5.75 Å². The first-order valence-electron chi connectivity index (χ1n) is 10.2. The Hall–Kier alpha value is -2.33. The number of imidazole rings is 1. The molecule has 1 saturated heterocycles. The third kappa shape index (κ3) is 4.51. The van der Waals surface area contributed by atoms with Gasteiger partial charge >= 0.3 is 0 Å². The normalized spacial score (nSPS) is 15.7. The molecule has 3 aromatic rings. The second-order valence-electron chi connectivity index (χ2n) is 7.52. The Morgan fingerprint density at radius 1 is 0.926 bits per heavy atom. The summed E-state index contributed by atoms with van der Waals surface area (Å²) in [4.78, 5) is 7.50. The Morgan fingerprint density at radius 3 is 2.44 bits per heavy atom. The van der Waals surface area contributed by atoms with Gasteiger partial charge in [-0.1, -0.05) is 42.7 Å². The van der Waals surface area contributed by atoms with Crippen molar-refractivity contribution >= 4 is 11.0 Å². The quantitative estimate of drug-likeness (QED) is 0.630. The zero-order chi connectivity index (χ0) is 18.5. The molecule has 0 amide bonds. The molecule has 1 fully saturated rings. The monoisotopic (exact) mass is 363 g/mol. The van der Waals surface area contributed by atoms with Crippen LogP contribution in [0.3, 0.4) is 0 Å². The van der Waals surface area contributed by atoms with Crippen LogP contribution in [0.1, 0.15) is 37.1 Å². The van der Waals surface area contributed by atoms with Gasteiger partial charge in [0.2, 0.25) is 0 Å². The number of aromatic nitrogens is 2. The first-order chi connectivity index (χ1) is 13.3. The predicted octanol–water partition coefficient (Wildman–Crippen LogP) is 4.80. The first-order valence-corrected chi connectivity index (χ1v) is 10.2. The molecule has 1 aliphatic rings. The van der Waals surface area contributed by atoms with E-state index in [9.17, 15) is 0 Å². The average Bonchev–Trinajstić information content (AvgIpc) is 2.84. The lowest BCUT2D eigenvalue weighted by Gasteiger charge is -2.20. The number of para-hydroxylation sites is 2. The van der Waals surface area contributed by atoms with Crippen LogP contribution in [0.25, 0.3) is 11.0 Å². The summed E-state index contributed by atoms with van der Waals surface area (Å²) in [5.41, 5.74) is 3.54. The number of hydrogen-bond donors (Lipinski definition) is 0. The van der Waals surface area contributed by atoms with Crippen molar-refractivity contribution in [3.63, 3.8) is 0 Å². The maximum atomic E-state index is 5.99. The van der Waals surface area contributed by atoms with E-state index < -0.39 is 0 Å². The fourth-order valence-electron chi connectivity index (χ4n) is 3.88. The summed E-state index contributed by atoms with van der Waals surface area (Å²) in [5.74, 6) is 2.09. The van der Waals surface area contributed by atoms with E-state index in [1.54, 1.807) is 0 Å². The fraction of sp³-hybridized carbons (Fsp3) is 0.435. The summed E-state index contributed by atoms with van der Waals surface area (Å²) in [7, 11) is 0. The summed E-state index contributed by atoms with van der Waals surface area (Å²) in [6.45, 7) is 6.86. The second-order valence-corrected chi connectivity index (χ2v) is 7.52. The summed E-state index contributed by atoms with van der Waals surface area (Å²) in [6, 6.07) is 16.7.